The molecule has 1 N–H and O–H groups in total. The summed E-state index contributed by atoms with van der Waals surface area (Å²) in [7, 11) is -1.24. The van der Waals surface area contributed by atoms with Gasteiger partial charge in [-0.15, -0.1) is 0 Å². The molecule has 6 nitrogen and oxygen atoms in total. The molecule has 1 saturated heterocycles. The summed E-state index contributed by atoms with van der Waals surface area (Å²) in [6.45, 7) is 7.14. The quantitative estimate of drug-likeness (QED) is 0.681. The molecule has 0 unspecified atom stereocenters. The summed E-state index contributed by atoms with van der Waals surface area (Å²) in [6.07, 6.45) is 5.48. The molecule has 0 aromatic heterocycles. The van der Waals surface area contributed by atoms with E-state index in [2.05, 4.69) is 17.3 Å². The number of amides is 1. The average molecular weight is 410 g/mol. The minimum absolute atomic E-state index is 0.00217. The molecule has 1 aliphatic heterocycles. The Morgan fingerprint density at radius 2 is 1.93 bits per heavy atom. The number of rotatable bonds is 9. The molecule has 7 heteroatoms. The number of sulfonamides is 1. The maximum Gasteiger partial charge on any atom is 0.232 e. The zero-order valence-electron chi connectivity index (χ0n) is 17.7. The number of carbonyl (C=O) groups excluding carboxylic acids is 1. The Hall–Kier alpha value is -1.60. The highest BCUT2D eigenvalue weighted by molar-refractivity contribution is 7.92. The lowest BCUT2D eigenvalue weighted by Gasteiger charge is -2.28. The van der Waals surface area contributed by atoms with E-state index in [9.17, 15) is 13.2 Å². The van der Waals surface area contributed by atoms with Crippen LogP contribution in [-0.4, -0.2) is 58.7 Å². The largest absolute Gasteiger partial charge is 0.356 e. The monoisotopic (exact) mass is 409 g/mol. The first-order valence-corrected chi connectivity index (χ1v) is 12.0. The molecule has 1 heterocycles. The molecule has 0 atom stereocenters. The summed E-state index contributed by atoms with van der Waals surface area (Å²) in [5.74, 6) is 0.698. The van der Waals surface area contributed by atoms with Gasteiger partial charge in [0, 0.05) is 19.5 Å². The SMILES string of the molecule is Cc1ccc(C)c(N(CCCC(=O)NCCC2CCN(C)CC2)S(C)(=O)=O)c1. The third kappa shape index (κ3) is 7.09. The fraction of sp³-hybridized carbons (Fsp3) is 0.667. The molecule has 1 fully saturated rings. The molecule has 0 spiro atoms. The van der Waals surface area contributed by atoms with Gasteiger partial charge >= 0.3 is 0 Å². The number of carbonyl (C=O) groups is 1. The van der Waals surface area contributed by atoms with E-state index in [4.69, 9.17) is 0 Å². The molecule has 0 radical (unpaired) electrons. The standard InChI is InChI=1S/C21H35N3O3S/c1-17-7-8-18(2)20(16-17)24(28(4,26)27)13-5-6-21(25)22-12-9-19-10-14-23(3)15-11-19/h7-8,16,19H,5-6,9-15H2,1-4H3,(H,22,25). The normalized spacial score (nSPS) is 16.1. The second-order valence-corrected chi connectivity index (χ2v) is 10.0. The lowest BCUT2D eigenvalue weighted by molar-refractivity contribution is -0.121. The number of nitrogens with zero attached hydrogens (tertiary/aromatic N) is 2. The van der Waals surface area contributed by atoms with Gasteiger partial charge in [0.15, 0.2) is 0 Å². The molecule has 1 amide bonds. The number of hydrogen-bond donors (Lipinski definition) is 1. The average Bonchev–Trinajstić information content (AvgIpc) is 2.62. The highest BCUT2D eigenvalue weighted by atomic mass is 32.2. The van der Waals surface area contributed by atoms with E-state index in [0.717, 1.165) is 30.6 Å². The van der Waals surface area contributed by atoms with Gasteiger partial charge in [-0.2, -0.15) is 0 Å². The summed E-state index contributed by atoms with van der Waals surface area (Å²) in [4.78, 5) is 14.5. The van der Waals surface area contributed by atoms with Crippen molar-refractivity contribution in [2.24, 2.45) is 5.92 Å². The van der Waals surface area contributed by atoms with Gasteiger partial charge in [0.2, 0.25) is 15.9 Å². The predicted octanol–water partition coefficient (Wildman–Crippen LogP) is 2.70. The van der Waals surface area contributed by atoms with Crippen LogP contribution < -0.4 is 9.62 Å². The molecule has 0 saturated carbocycles. The minimum Gasteiger partial charge on any atom is -0.356 e. The molecule has 28 heavy (non-hydrogen) atoms. The van der Waals surface area contributed by atoms with Crippen LogP contribution in [0.15, 0.2) is 18.2 Å². The summed E-state index contributed by atoms with van der Waals surface area (Å²) in [5.41, 5.74) is 2.63. The van der Waals surface area contributed by atoms with E-state index < -0.39 is 10.0 Å². The van der Waals surface area contributed by atoms with Gasteiger partial charge in [-0.05, 0) is 82.8 Å². The van der Waals surface area contributed by atoms with E-state index in [0.29, 0.717) is 37.5 Å². The van der Waals surface area contributed by atoms with Crippen molar-refractivity contribution in [1.29, 1.82) is 0 Å². The zero-order chi connectivity index (χ0) is 20.7. The van der Waals surface area contributed by atoms with Crippen LogP contribution in [0.4, 0.5) is 5.69 Å². The third-order valence-corrected chi connectivity index (χ3v) is 6.69. The fourth-order valence-corrected chi connectivity index (χ4v) is 4.71. The number of aryl methyl sites for hydroxylation is 2. The number of likely N-dealkylation sites (tertiary alicyclic amines) is 1. The molecular weight excluding hydrogens is 374 g/mol. The van der Waals surface area contributed by atoms with E-state index in [1.54, 1.807) is 0 Å². The van der Waals surface area contributed by atoms with Gasteiger partial charge in [0.25, 0.3) is 0 Å². The molecule has 1 aliphatic rings. The molecule has 1 aromatic rings. The Morgan fingerprint density at radius 3 is 2.57 bits per heavy atom. The van der Waals surface area contributed by atoms with E-state index in [-0.39, 0.29) is 5.91 Å². The van der Waals surface area contributed by atoms with Crippen LogP contribution in [-0.2, 0) is 14.8 Å². The summed E-state index contributed by atoms with van der Waals surface area (Å²) < 4.78 is 25.9. The maximum atomic E-state index is 12.3. The minimum atomic E-state index is -3.39. The van der Waals surface area contributed by atoms with Gasteiger partial charge < -0.3 is 10.2 Å². The fourth-order valence-electron chi connectivity index (χ4n) is 3.69. The Morgan fingerprint density at radius 1 is 1.25 bits per heavy atom. The van der Waals surface area contributed by atoms with Crippen molar-refractivity contribution in [3.63, 3.8) is 0 Å². The molecule has 0 aliphatic carbocycles. The van der Waals surface area contributed by atoms with Crippen LogP contribution in [0, 0.1) is 19.8 Å². The van der Waals surface area contributed by atoms with E-state index in [1.165, 1.54) is 23.4 Å². The van der Waals surface area contributed by atoms with Crippen molar-refractivity contribution in [2.75, 3.05) is 43.8 Å². The van der Waals surface area contributed by atoms with Gasteiger partial charge in [-0.25, -0.2) is 8.42 Å². The number of nitrogens with one attached hydrogen (secondary N) is 1. The first-order valence-electron chi connectivity index (χ1n) is 10.2. The lowest BCUT2D eigenvalue weighted by Crippen LogP contribution is -2.34. The smallest absolute Gasteiger partial charge is 0.232 e. The van der Waals surface area contributed by atoms with Crippen LogP contribution in [0.5, 0.6) is 0 Å². The van der Waals surface area contributed by atoms with Crippen molar-refractivity contribution < 1.29 is 13.2 Å². The highest BCUT2D eigenvalue weighted by Crippen LogP contribution is 2.24. The van der Waals surface area contributed by atoms with Crippen LogP contribution in [0.1, 0.15) is 43.2 Å². The third-order valence-electron chi connectivity index (χ3n) is 5.51. The van der Waals surface area contributed by atoms with Gasteiger partial charge in [0.05, 0.1) is 11.9 Å². The molecular formula is C21H35N3O3S. The van der Waals surface area contributed by atoms with Crippen LogP contribution in [0.25, 0.3) is 0 Å². The summed E-state index contributed by atoms with van der Waals surface area (Å²) >= 11 is 0. The number of piperidine rings is 1. The van der Waals surface area contributed by atoms with Gasteiger partial charge in [-0.1, -0.05) is 12.1 Å². The molecule has 2 rings (SSSR count). The van der Waals surface area contributed by atoms with E-state index >= 15 is 0 Å². The first kappa shape index (κ1) is 22.7. The van der Waals surface area contributed by atoms with Crippen LogP contribution in [0.2, 0.25) is 0 Å². The predicted molar refractivity (Wildman–Crippen MR) is 115 cm³/mol. The lowest BCUT2D eigenvalue weighted by atomic mass is 9.94. The molecule has 0 bridgehead atoms. The van der Waals surface area contributed by atoms with Crippen LogP contribution >= 0.6 is 0 Å². The Labute approximate surface area is 170 Å². The van der Waals surface area contributed by atoms with Crippen molar-refractivity contribution in [1.82, 2.24) is 10.2 Å². The number of benzene rings is 1. The van der Waals surface area contributed by atoms with Crippen molar-refractivity contribution in [3.05, 3.63) is 29.3 Å². The number of hydrogen-bond acceptors (Lipinski definition) is 4. The van der Waals surface area contributed by atoms with E-state index in [1.807, 2.05) is 32.0 Å². The maximum absolute atomic E-state index is 12.3. The van der Waals surface area contributed by atoms with Crippen LogP contribution in [0.3, 0.4) is 0 Å². The van der Waals surface area contributed by atoms with Crippen molar-refractivity contribution in [3.8, 4) is 0 Å². The Kier molecular flexibility index (Phi) is 8.31. The molecule has 1 aromatic carbocycles. The zero-order valence-corrected chi connectivity index (χ0v) is 18.5. The Bertz CT molecular complexity index is 756. The topological polar surface area (TPSA) is 69.7 Å². The number of anilines is 1. The summed E-state index contributed by atoms with van der Waals surface area (Å²) in [6, 6.07) is 5.79. The van der Waals surface area contributed by atoms with Crippen molar-refractivity contribution >= 4 is 21.6 Å². The van der Waals surface area contributed by atoms with Crippen molar-refractivity contribution in [2.45, 2.75) is 46.0 Å². The highest BCUT2D eigenvalue weighted by Gasteiger charge is 2.20. The summed E-state index contributed by atoms with van der Waals surface area (Å²) in [5, 5.41) is 2.99. The van der Waals surface area contributed by atoms with Gasteiger partial charge in [0.1, 0.15) is 0 Å². The second kappa shape index (κ2) is 10.3. The second-order valence-electron chi connectivity index (χ2n) is 8.11. The van der Waals surface area contributed by atoms with Gasteiger partial charge in [-0.3, -0.25) is 9.10 Å². The Balaban J connectivity index is 1.79. The first-order chi connectivity index (χ1) is 13.2. The molecule has 158 valence electrons.